The molecule has 17 heavy (non-hydrogen) atoms. The molecule has 0 aliphatic carbocycles. The molecule has 1 aromatic carbocycles. The van der Waals surface area contributed by atoms with Crippen molar-refractivity contribution in [2.24, 2.45) is 7.05 Å². The van der Waals surface area contributed by atoms with Crippen molar-refractivity contribution in [1.82, 2.24) is 9.55 Å². The fourth-order valence-corrected chi connectivity index (χ4v) is 1.69. The van der Waals surface area contributed by atoms with Gasteiger partial charge in [0.25, 0.3) is 0 Å². The number of rotatable bonds is 1. The van der Waals surface area contributed by atoms with Crippen molar-refractivity contribution in [2.75, 3.05) is 0 Å². The Kier molecular flexibility index (Phi) is 2.87. The Morgan fingerprint density at radius 3 is 2.41 bits per heavy atom. The molecular formula is C11H8ClF3N2. The summed E-state index contributed by atoms with van der Waals surface area (Å²) in [5.74, 6) is 0.197. The number of imidazole rings is 1. The molecule has 90 valence electrons. The molecule has 0 fully saturated rings. The first kappa shape index (κ1) is 12.0. The Bertz CT molecular complexity index is 546. The van der Waals surface area contributed by atoms with Crippen LogP contribution in [0.5, 0.6) is 0 Å². The summed E-state index contributed by atoms with van der Waals surface area (Å²) in [6.45, 7) is 0. The van der Waals surface area contributed by atoms with E-state index in [2.05, 4.69) is 4.98 Å². The predicted molar refractivity (Wildman–Crippen MR) is 58.7 cm³/mol. The zero-order chi connectivity index (χ0) is 12.6. The van der Waals surface area contributed by atoms with Gasteiger partial charge >= 0.3 is 6.18 Å². The lowest BCUT2D eigenvalue weighted by Gasteiger charge is -2.12. The Morgan fingerprint density at radius 1 is 1.24 bits per heavy atom. The summed E-state index contributed by atoms with van der Waals surface area (Å²) < 4.78 is 39.8. The molecule has 2 nitrogen and oxygen atoms in total. The van der Waals surface area contributed by atoms with Gasteiger partial charge in [0, 0.05) is 12.6 Å². The molecule has 0 unspecified atom stereocenters. The van der Waals surface area contributed by atoms with E-state index in [9.17, 15) is 13.2 Å². The summed E-state index contributed by atoms with van der Waals surface area (Å²) in [6.07, 6.45) is -3.08. The molecule has 0 aliphatic heterocycles. The van der Waals surface area contributed by atoms with Gasteiger partial charge in [-0.1, -0.05) is 29.8 Å². The average molecular weight is 261 g/mol. The van der Waals surface area contributed by atoms with E-state index >= 15 is 0 Å². The Labute approximate surface area is 101 Å². The van der Waals surface area contributed by atoms with Gasteiger partial charge in [0.15, 0.2) is 0 Å². The molecular weight excluding hydrogens is 253 g/mol. The van der Waals surface area contributed by atoms with Crippen LogP contribution in [0.2, 0.25) is 5.15 Å². The van der Waals surface area contributed by atoms with Crippen molar-refractivity contribution < 1.29 is 13.2 Å². The normalized spacial score (nSPS) is 11.8. The maximum absolute atomic E-state index is 12.8. The van der Waals surface area contributed by atoms with Crippen molar-refractivity contribution >= 4 is 11.6 Å². The Hall–Kier alpha value is -1.49. The van der Waals surface area contributed by atoms with Gasteiger partial charge in [-0.15, -0.1) is 0 Å². The van der Waals surface area contributed by atoms with Gasteiger partial charge in [0.2, 0.25) is 0 Å². The van der Waals surface area contributed by atoms with E-state index in [1.165, 1.54) is 29.0 Å². The fourth-order valence-electron chi connectivity index (χ4n) is 1.56. The third-order valence-corrected chi connectivity index (χ3v) is 2.76. The molecule has 0 saturated heterocycles. The maximum atomic E-state index is 12.8. The highest BCUT2D eigenvalue weighted by Crippen LogP contribution is 2.36. The number of hydrogen-bond acceptors (Lipinski definition) is 1. The van der Waals surface area contributed by atoms with Crippen molar-refractivity contribution in [3.05, 3.63) is 41.2 Å². The molecule has 1 aromatic heterocycles. The van der Waals surface area contributed by atoms with E-state index in [1.54, 1.807) is 7.05 Å². The van der Waals surface area contributed by atoms with Crippen LogP contribution in [0.1, 0.15) is 5.56 Å². The van der Waals surface area contributed by atoms with Crippen LogP contribution >= 0.6 is 11.6 Å². The first-order valence-electron chi connectivity index (χ1n) is 4.75. The summed E-state index contributed by atoms with van der Waals surface area (Å²) in [4.78, 5) is 3.89. The van der Waals surface area contributed by atoms with Crippen LogP contribution < -0.4 is 0 Å². The topological polar surface area (TPSA) is 17.8 Å². The SMILES string of the molecule is Cn1c(Cl)cnc1-c1ccccc1C(F)(F)F. The van der Waals surface area contributed by atoms with Crippen molar-refractivity contribution in [1.29, 1.82) is 0 Å². The van der Waals surface area contributed by atoms with Gasteiger partial charge in [0.1, 0.15) is 11.0 Å². The second-order valence-corrected chi connectivity index (χ2v) is 3.89. The summed E-state index contributed by atoms with van der Waals surface area (Å²) in [5, 5.41) is 0.289. The lowest BCUT2D eigenvalue weighted by atomic mass is 10.1. The summed E-state index contributed by atoms with van der Waals surface area (Å²) in [5.41, 5.74) is -0.695. The predicted octanol–water partition coefficient (Wildman–Crippen LogP) is 3.76. The average Bonchev–Trinajstić information content (AvgIpc) is 2.59. The van der Waals surface area contributed by atoms with E-state index in [1.807, 2.05) is 0 Å². The fraction of sp³-hybridized carbons (Fsp3) is 0.182. The molecule has 2 aromatic rings. The van der Waals surface area contributed by atoms with Crippen molar-refractivity contribution in [3.8, 4) is 11.4 Å². The molecule has 0 atom stereocenters. The van der Waals surface area contributed by atoms with E-state index in [4.69, 9.17) is 11.6 Å². The smallest absolute Gasteiger partial charge is 0.318 e. The summed E-state index contributed by atoms with van der Waals surface area (Å²) >= 11 is 5.77. The van der Waals surface area contributed by atoms with Crippen LogP contribution in [0.25, 0.3) is 11.4 Å². The van der Waals surface area contributed by atoms with Gasteiger partial charge in [-0.05, 0) is 6.07 Å². The minimum atomic E-state index is -4.41. The lowest BCUT2D eigenvalue weighted by Crippen LogP contribution is -2.08. The van der Waals surface area contributed by atoms with Gasteiger partial charge in [-0.3, -0.25) is 0 Å². The molecule has 0 N–H and O–H groups in total. The highest BCUT2D eigenvalue weighted by Gasteiger charge is 2.34. The number of halogens is 4. The third-order valence-electron chi connectivity index (χ3n) is 2.40. The number of hydrogen-bond donors (Lipinski definition) is 0. The van der Waals surface area contributed by atoms with Gasteiger partial charge in [-0.2, -0.15) is 13.2 Å². The van der Waals surface area contributed by atoms with E-state index in [-0.39, 0.29) is 16.5 Å². The maximum Gasteiger partial charge on any atom is 0.417 e. The highest BCUT2D eigenvalue weighted by atomic mass is 35.5. The zero-order valence-electron chi connectivity index (χ0n) is 8.79. The zero-order valence-corrected chi connectivity index (χ0v) is 9.55. The third kappa shape index (κ3) is 2.15. The number of aromatic nitrogens is 2. The van der Waals surface area contributed by atoms with Crippen LogP contribution in [0.3, 0.4) is 0 Å². The Morgan fingerprint density at radius 2 is 1.88 bits per heavy atom. The Balaban J connectivity index is 2.64. The minimum Gasteiger partial charge on any atom is -0.318 e. The summed E-state index contributed by atoms with van der Waals surface area (Å²) in [7, 11) is 1.57. The number of benzene rings is 1. The van der Waals surface area contributed by atoms with Gasteiger partial charge < -0.3 is 4.57 Å². The van der Waals surface area contributed by atoms with Crippen molar-refractivity contribution in [3.63, 3.8) is 0 Å². The molecule has 0 bridgehead atoms. The first-order chi connectivity index (χ1) is 7.91. The quantitative estimate of drug-likeness (QED) is 0.763. The van der Waals surface area contributed by atoms with Crippen LogP contribution in [0.15, 0.2) is 30.5 Å². The number of nitrogens with zero attached hydrogens (tertiary/aromatic N) is 2. The number of alkyl halides is 3. The van der Waals surface area contributed by atoms with Crippen LogP contribution in [0, 0.1) is 0 Å². The van der Waals surface area contributed by atoms with Crippen molar-refractivity contribution in [2.45, 2.75) is 6.18 Å². The second kappa shape index (κ2) is 4.07. The molecule has 0 saturated carbocycles. The molecule has 2 rings (SSSR count). The monoisotopic (exact) mass is 260 g/mol. The molecule has 0 aliphatic rings. The molecule has 1 heterocycles. The van der Waals surface area contributed by atoms with Gasteiger partial charge in [-0.25, -0.2) is 4.98 Å². The molecule has 0 radical (unpaired) electrons. The van der Waals surface area contributed by atoms with Crippen LogP contribution in [-0.4, -0.2) is 9.55 Å². The van der Waals surface area contributed by atoms with Crippen LogP contribution in [-0.2, 0) is 13.2 Å². The lowest BCUT2D eigenvalue weighted by molar-refractivity contribution is -0.137. The molecule has 6 heteroatoms. The second-order valence-electron chi connectivity index (χ2n) is 3.51. The van der Waals surface area contributed by atoms with E-state index < -0.39 is 11.7 Å². The standard InChI is InChI=1S/C11H8ClF3N2/c1-17-9(12)6-16-10(17)7-4-2-3-5-8(7)11(13,14)15/h2-6H,1H3. The summed E-state index contributed by atoms with van der Waals surface area (Å²) in [6, 6.07) is 5.28. The molecule has 0 amide bonds. The largest absolute Gasteiger partial charge is 0.417 e. The van der Waals surface area contributed by atoms with E-state index in [0.717, 1.165) is 6.07 Å². The molecule has 0 spiro atoms. The highest BCUT2D eigenvalue weighted by molar-refractivity contribution is 6.29. The first-order valence-corrected chi connectivity index (χ1v) is 5.13. The van der Waals surface area contributed by atoms with Crippen LogP contribution in [0.4, 0.5) is 13.2 Å². The van der Waals surface area contributed by atoms with E-state index in [0.29, 0.717) is 0 Å². The van der Waals surface area contributed by atoms with Gasteiger partial charge in [0.05, 0.1) is 11.8 Å². The minimum absolute atomic E-state index is 0.0226.